The summed E-state index contributed by atoms with van der Waals surface area (Å²) in [6, 6.07) is 12.2. The van der Waals surface area contributed by atoms with Crippen LogP contribution in [0.15, 0.2) is 42.5 Å². The molecule has 2 N–H and O–H groups in total. The summed E-state index contributed by atoms with van der Waals surface area (Å²) in [6.07, 6.45) is 0. The van der Waals surface area contributed by atoms with Crippen LogP contribution in [0.3, 0.4) is 0 Å². The predicted octanol–water partition coefficient (Wildman–Crippen LogP) is 3.18. The third-order valence-corrected chi connectivity index (χ3v) is 2.80. The SMILES string of the molecule is COc1ccc(N(C)c2ccc(N)cc2)cc1F. The van der Waals surface area contributed by atoms with Gasteiger partial charge < -0.3 is 15.4 Å². The molecule has 0 atom stereocenters. The Kier molecular flexibility index (Phi) is 3.37. The van der Waals surface area contributed by atoms with Crippen molar-refractivity contribution in [1.29, 1.82) is 0 Å². The minimum absolute atomic E-state index is 0.240. The van der Waals surface area contributed by atoms with Gasteiger partial charge in [0.1, 0.15) is 0 Å². The Morgan fingerprint density at radius 3 is 2.22 bits per heavy atom. The van der Waals surface area contributed by atoms with E-state index in [1.165, 1.54) is 13.2 Å². The molecule has 0 saturated heterocycles. The summed E-state index contributed by atoms with van der Waals surface area (Å²) in [5.74, 6) is -0.137. The Labute approximate surface area is 106 Å². The zero-order valence-electron chi connectivity index (χ0n) is 10.4. The molecule has 94 valence electrons. The van der Waals surface area contributed by atoms with Crippen molar-refractivity contribution in [2.45, 2.75) is 0 Å². The van der Waals surface area contributed by atoms with Crippen LogP contribution in [-0.2, 0) is 0 Å². The van der Waals surface area contributed by atoms with E-state index in [0.29, 0.717) is 5.69 Å². The van der Waals surface area contributed by atoms with Crippen molar-refractivity contribution in [2.24, 2.45) is 0 Å². The first kappa shape index (κ1) is 12.2. The second-order valence-electron chi connectivity index (χ2n) is 3.97. The van der Waals surface area contributed by atoms with Crippen LogP contribution in [0, 0.1) is 5.82 Å². The standard InChI is InChI=1S/C14H15FN2O/c1-17(11-5-3-10(16)4-6-11)12-7-8-14(18-2)13(15)9-12/h3-9H,16H2,1-2H3. The molecule has 0 bridgehead atoms. The lowest BCUT2D eigenvalue weighted by atomic mass is 10.2. The lowest BCUT2D eigenvalue weighted by molar-refractivity contribution is 0.386. The lowest BCUT2D eigenvalue weighted by Crippen LogP contribution is -2.09. The Bertz CT molecular complexity index is 540. The van der Waals surface area contributed by atoms with Crippen molar-refractivity contribution >= 4 is 17.1 Å². The van der Waals surface area contributed by atoms with Crippen molar-refractivity contribution in [3.8, 4) is 5.75 Å². The number of nitrogens with two attached hydrogens (primary N) is 1. The molecule has 0 amide bonds. The lowest BCUT2D eigenvalue weighted by Gasteiger charge is -2.20. The fraction of sp³-hybridized carbons (Fsp3) is 0.143. The van der Waals surface area contributed by atoms with Crippen LogP contribution >= 0.6 is 0 Å². The number of benzene rings is 2. The van der Waals surface area contributed by atoms with E-state index < -0.39 is 0 Å². The number of halogens is 1. The molecule has 0 spiro atoms. The van der Waals surface area contributed by atoms with E-state index in [1.807, 2.05) is 36.2 Å². The van der Waals surface area contributed by atoms with Crippen LogP contribution < -0.4 is 15.4 Å². The maximum atomic E-state index is 13.6. The highest BCUT2D eigenvalue weighted by atomic mass is 19.1. The van der Waals surface area contributed by atoms with Gasteiger partial charge in [-0.2, -0.15) is 0 Å². The van der Waals surface area contributed by atoms with E-state index in [9.17, 15) is 4.39 Å². The smallest absolute Gasteiger partial charge is 0.167 e. The molecular formula is C14H15FN2O. The topological polar surface area (TPSA) is 38.5 Å². The number of hydrogen-bond donors (Lipinski definition) is 1. The molecule has 0 fully saturated rings. The molecule has 18 heavy (non-hydrogen) atoms. The Hall–Kier alpha value is -2.23. The van der Waals surface area contributed by atoms with Crippen LogP contribution in [0.1, 0.15) is 0 Å². The molecule has 0 saturated carbocycles. The number of nitrogen functional groups attached to an aromatic ring is 1. The van der Waals surface area contributed by atoms with Gasteiger partial charge in [0, 0.05) is 30.2 Å². The molecule has 0 aliphatic rings. The summed E-state index contributed by atoms with van der Waals surface area (Å²) in [6.45, 7) is 0. The molecule has 0 aliphatic heterocycles. The molecule has 4 heteroatoms. The molecule has 0 aliphatic carbocycles. The minimum Gasteiger partial charge on any atom is -0.494 e. The monoisotopic (exact) mass is 246 g/mol. The summed E-state index contributed by atoms with van der Waals surface area (Å²) in [5.41, 5.74) is 8.02. The van der Waals surface area contributed by atoms with E-state index in [0.717, 1.165) is 11.4 Å². The fourth-order valence-electron chi connectivity index (χ4n) is 1.71. The number of ether oxygens (including phenoxy) is 1. The van der Waals surface area contributed by atoms with E-state index >= 15 is 0 Å². The average Bonchev–Trinajstić information content (AvgIpc) is 2.38. The van der Waals surface area contributed by atoms with Gasteiger partial charge in [-0.05, 0) is 36.4 Å². The van der Waals surface area contributed by atoms with Gasteiger partial charge >= 0.3 is 0 Å². The summed E-state index contributed by atoms with van der Waals surface area (Å²) in [7, 11) is 3.31. The molecule has 0 heterocycles. The highest BCUT2D eigenvalue weighted by Gasteiger charge is 2.08. The second-order valence-corrected chi connectivity index (χ2v) is 3.97. The first-order chi connectivity index (χ1) is 8.61. The van der Waals surface area contributed by atoms with Gasteiger partial charge in [-0.15, -0.1) is 0 Å². The first-order valence-electron chi connectivity index (χ1n) is 5.54. The van der Waals surface area contributed by atoms with Crippen molar-refractivity contribution in [2.75, 3.05) is 24.8 Å². The Balaban J connectivity index is 2.31. The summed E-state index contributed by atoms with van der Waals surface area (Å²) < 4.78 is 18.5. The van der Waals surface area contributed by atoms with E-state index in [4.69, 9.17) is 10.5 Å². The van der Waals surface area contributed by atoms with Crippen molar-refractivity contribution < 1.29 is 9.13 Å². The Morgan fingerprint density at radius 2 is 1.67 bits per heavy atom. The molecule has 0 aromatic heterocycles. The number of nitrogens with zero attached hydrogens (tertiary/aromatic N) is 1. The predicted molar refractivity (Wildman–Crippen MR) is 71.9 cm³/mol. The number of anilines is 3. The molecule has 2 aromatic carbocycles. The summed E-state index contributed by atoms with van der Waals surface area (Å²) >= 11 is 0. The largest absolute Gasteiger partial charge is 0.494 e. The van der Waals surface area contributed by atoms with E-state index in [-0.39, 0.29) is 11.6 Å². The number of rotatable bonds is 3. The molecule has 0 unspecified atom stereocenters. The van der Waals surface area contributed by atoms with Gasteiger partial charge in [0.2, 0.25) is 0 Å². The number of hydrogen-bond acceptors (Lipinski definition) is 3. The molecule has 0 radical (unpaired) electrons. The van der Waals surface area contributed by atoms with Crippen molar-refractivity contribution in [3.05, 3.63) is 48.3 Å². The van der Waals surface area contributed by atoms with Gasteiger partial charge in [-0.3, -0.25) is 0 Å². The van der Waals surface area contributed by atoms with Gasteiger partial charge in [-0.1, -0.05) is 0 Å². The molecule has 3 nitrogen and oxygen atoms in total. The van der Waals surface area contributed by atoms with E-state index in [2.05, 4.69) is 0 Å². The third kappa shape index (κ3) is 2.37. The van der Waals surface area contributed by atoms with Crippen LogP contribution in [0.25, 0.3) is 0 Å². The van der Waals surface area contributed by atoms with Crippen LogP contribution in [0.4, 0.5) is 21.5 Å². The molecule has 2 rings (SSSR count). The average molecular weight is 246 g/mol. The quantitative estimate of drug-likeness (QED) is 0.845. The molecule has 2 aromatic rings. The van der Waals surface area contributed by atoms with E-state index in [1.54, 1.807) is 12.1 Å². The fourth-order valence-corrected chi connectivity index (χ4v) is 1.71. The van der Waals surface area contributed by atoms with Gasteiger partial charge in [0.05, 0.1) is 7.11 Å². The van der Waals surface area contributed by atoms with Crippen LogP contribution in [0.2, 0.25) is 0 Å². The normalized spacial score (nSPS) is 10.2. The maximum Gasteiger partial charge on any atom is 0.167 e. The zero-order chi connectivity index (χ0) is 13.1. The highest BCUT2D eigenvalue weighted by Crippen LogP contribution is 2.28. The highest BCUT2D eigenvalue weighted by molar-refractivity contribution is 5.64. The summed E-state index contributed by atoms with van der Waals surface area (Å²) in [5, 5.41) is 0. The molecular weight excluding hydrogens is 231 g/mol. The second kappa shape index (κ2) is 4.96. The van der Waals surface area contributed by atoms with Gasteiger partial charge in [0.25, 0.3) is 0 Å². The first-order valence-corrected chi connectivity index (χ1v) is 5.54. The Morgan fingerprint density at radius 1 is 1.06 bits per heavy atom. The minimum atomic E-state index is -0.378. The third-order valence-electron chi connectivity index (χ3n) is 2.80. The number of methoxy groups -OCH3 is 1. The maximum absolute atomic E-state index is 13.6. The van der Waals surface area contributed by atoms with Crippen molar-refractivity contribution in [1.82, 2.24) is 0 Å². The van der Waals surface area contributed by atoms with Gasteiger partial charge in [-0.25, -0.2) is 4.39 Å². The van der Waals surface area contributed by atoms with Gasteiger partial charge in [0.15, 0.2) is 11.6 Å². The zero-order valence-corrected chi connectivity index (χ0v) is 10.4. The summed E-state index contributed by atoms with van der Waals surface area (Å²) in [4.78, 5) is 1.88. The van der Waals surface area contributed by atoms with Crippen LogP contribution in [0.5, 0.6) is 5.75 Å². The van der Waals surface area contributed by atoms with Crippen LogP contribution in [-0.4, -0.2) is 14.2 Å². The van der Waals surface area contributed by atoms with Crippen molar-refractivity contribution in [3.63, 3.8) is 0 Å².